The van der Waals surface area contributed by atoms with Gasteiger partial charge in [0, 0.05) is 18.5 Å². The van der Waals surface area contributed by atoms with Gasteiger partial charge in [-0.1, -0.05) is 47.6 Å². The highest BCUT2D eigenvalue weighted by atomic mass is 19.4. The van der Waals surface area contributed by atoms with Crippen LogP contribution in [0.3, 0.4) is 0 Å². The van der Waals surface area contributed by atoms with Crippen molar-refractivity contribution < 1.29 is 27.2 Å². The molecule has 1 N–H and O–H groups in total. The van der Waals surface area contributed by atoms with Gasteiger partial charge in [0.05, 0.1) is 12.2 Å². The SMILES string of the molecule is O=C(COCc1ccccc1)NCCc1nc(-c2cccc(C(F)(F)F)c2)no1. The molecule has 0 radical (unpaired) electrons. The van der Waals surface area contributed by atoms with Crippen LogP contribution in [0.2, 0.25) is 0 Å². The van der Waals surface area contributed by atoms with Gasteiger partial charge in [-0.2, -0.15) is 18.2 Å². The summed E-state index contributed by atoms with van der Waals surface area (Å²) in [5, 5.41) is 6.35. The molecular weight excluding hydrogens is 387 g/mol. The Bertz CT molecular complexity index is 943. The minimum absolute atomic E-state index is 0.0589. The molecule has 3 aromatic rings. The van der Waals surface area contributed by atoms with E-state index >= 15 is 0 Å². The smallest absolute Gasteiger partial charge is 0.367 e. The highest BCUT2D eigenvalue weighted by molar-refractivity contribution is 5.77. The first-order valence-corrected chi connectivity index (χ1v) is 8.80. The molecular formula is C20H18F3N3O3. The number of carbonyl (C=O) groups is 1. The summed E-state index contributed by atoms with van der Waals surface area (Å²) in [5.41, 5.74) is 0.380. The summed E-state index contributed by atoms with van der Waals surface area (Å²) >= 11 is 0. The molecule has 1 heterocycles. The van der Waals surface area contributed by atoms with Gasteiger partial charge in [-0.15, -0.1) is 0 Å². The minimum Gasteiger partial charge on any atom is -0.367 e. The maximum Gasteiger partial charge on any atom is 0.416 e. The predicted octanol–water partition coefficient (Wildman–Crippen LogP) is 3.63. The molecule has 0 unspecified atom stereocenters. The van der Waals surface area contributed by atoms with Crippen LogP contribution in [-0.4, -0.2) is 29.2 Å². The Morgan fingerprint density at radius 3 is 2.66 bits per heavy atom. The first kappa shape index (κ1) is 20.5. The van der Waals surface area contributed by atoms with Gasteiger partial charge in [0.1, 0.15) is 6.61 Å². The molecule has 0 aliphatic carbocycles. The van der Waals surface area contributed by atoms with Crippen LogP contribution in [0.5, 0.6) is 0 Å². The zero-order chi connectivity index (χ0) is 20.7. The van der Waals surface area contributed by atoms with Crippen molar-refractivity contribution in [1.82, 2.24) is 15.5 Å². The van der Waals surface area contributed by atoms with Crippen molar-refractivity contribution >= 4 is 5.91 Å². The number of carbonyl (C=O) groups excluding carboxylic acids is 1. The Hall–Kier alpha value is -3.20. The van der Waals surface area contributed by atoms with Gasteiger partial charge >= 0.3 is 6.18 Å². The number of aromatic nitrogens is 2. The number of nitrogens with zero attached hydrogens (tertiary/aromatic N) is 2. The molecule has 0 atom stereocenters. The number of halogens is 3. The lowest BCUT2D eigenvalue weighted by atomic mass is 10.1. The Labute approximate surface area is 164 Å². The molecule has 29 heavy (non-hydrogen) atoms. The molecule has 1 amide bonds. The van der Waals surface area contributed by atoms with Crippen LogP contribution in [0.1, 0.15) is 17.0 Å². The van der Waals surface area contributed by atoms with Crippen LogP contribution >= 0.6 is 0 Å². The zero-order valence-electron chi connectivity index (χ0n) is 15.3. The molecule has 9 heteroatoms. The van der Waals surface area contributed by atoms with Crippen LogP contribution in [0.25, 0.3) is 11.4 Å². The topological polar surface area (TPSA) is 77.2 Å². The molecule has 0 saturated heterocycles. The second-order valence-electron chi connectivity index (χ2n) is 6.17. The van der Waals surface area contributed by atoms with Crippen molar-refractivity contribution in [2.75, 3.05) is 13.2 Å². The zero-order valence-corrected chi connectivity index (χ0v) is 15.3. The maximum atomic E-state index is 12.8. The van der Waals surface area contributed by atoms with E-state index in [0.29, 0.717) is 6.61 Å². The lowest BCUT2D eigenvalue weighted by Gasteiger charge is -2.06. The quantitative estimate of drug-likeness (QED) is 0.619. The molecule has 0 saturated carbocycles. The summed E-state index contributed by atoms with van der Waals surface area (Å²) in [4.78, 5) is 15.8. The van der Waals surface area contributed by atoms with Crippen LogP contribution in [-0.2, 0) is 28.7 Å². The maximum absolute atomic E-state index is 12.8. The van der Waals surface area contributed by atoms with Crippen molar-refractivity contribution in [3.63, 3.8) is 0 Å². The molecule has 1 aromatic heterocycles. The summed E-state index contributed by atoms with van der Waals surface area (Å²) in [5.74, 6) is -0.0231. The number of ether oxygens (including phenoxy) is 1. The largest absolute Gasteiger partial charge is 0.416 e. The van der Waals surface area contributed by atoms with E-state index in [1.165, 1.54) is 12.1 Å². The summed E-state index contributed by atoms with van der Waals surface area (Å²) in [7, 11) is 0. The second kappa shape index (κ2) is 9.33. The van der Waals surface area contributed by atoms with Gasteiger partial charge in [0.15, 0.2) is 0 Å². The predicted molar refractivity (Wildman–Crippen MR) is 97.5 cm³/mol. The van der Waals surface area contributed by atoms with Crippen LogP contribution in [0.4, 0.5) is 13.2 Å². The Balaban J connectivity index is 1.44. The van der Waals surface area contributed by atoms with E-state index in [0.717, 1.165) is 17.7 Å². The molecule has 152 valence electrons. The highest BCUT2D eigenvalue weighted by Crippen LogP contribution is 2.31. The normalized spacial score (nSPS) is 11.4. The number of hydrogen-bond acceptors (Lipinski definition) is 5. The minimum atomic E-state index is -4.45. The van der Waals surface area contributed by atoms with E-state index in [4.69, 9.17) is 9.26 Å². The Kier molecular flexibility index (Phi) is 6.61. The number of benzene rings is 2. The Morgan fingerprint density at radius 1 is 1.10 bits per heavy atom. The van der Waals surface area contributed by atoms with Crippen molar-refractivity contribution in [3.8, 4) is 11.4 Å². The number of alkyl halides is 3. The summed E-state index contributed by atoms with van der Waals surface area (Å²) in [6.45, 7) is 0.476. The third kappa shape index (κ3) is 6.15. The first-order valence-electron chi connectivity index (χ1n) is 8.80. The van der Waals surface area contributed by atoms with Gasteiger partial charge in [0.2, 0.25) is 17.6 Å². The fourth-order valence-electron chi connectivity index (χ4n) is 2.50. The van der Waals surface area contributed by atoms with E-state index in [1.807, 2.05) is 30.3 Å². The summed E-state index contributed by atoms with van der Waals surface area (Å²) in [6, 6.07) is 14.1. The van der Waals surface area contributed by atoms with Crippen LogP contribution in [0.15, 0.2) is 59.1 Å². The molecule has 0 aliphatic heterocycles. The molecule has 0 spiro atoms. The number of amides is 1. The van der Waals surface area contributed by atoms with E-state index in [9.17, 15) is 18.0 Å². The Morgan fingerprint density at radius 2 is 1.90 bits per heavy atom. The fourth-order valence-corrected chi connectivity index (χ4v) is 2.50. The van der Waals surface area contributed by atoms with E-state index in [2.05, 4.69) is 15.5 Å². The van der Waals surface area contributed by atoms with Crippen molar-refractivity contribution in [1.29, 1.82) is 0 Å². The van der Waals surface area contributed by atoms with E-state index in [1.54, 1.807) is 0 Å². The monoisotopic (exact) mass is 405 g/mol. The van der Waals surface area contributed by atoms with Crippen LogP contribution in [0, 0.1) is 0 Å². The third-order valence-electron chi connectivity index (χ3n) is 3.92. The standard InChI is InChI=1S/C20H18F3N3O3/c21-20(22,23)16-8-4-7-15(11-16)19-25-18(29-26-19)9-10-24-17(27)13-28-12-14-5-2-1-3-6-14/h1-8,11H,9-10,12-13H2,(H,24,27). The molecule has 0 fully saturated rings. The van der Waals surface area contributed by atoms with E-state index < -0.39 is 11.7 Å². The van der Waals surface area contributed by atoms with Gasteiger partial charge in [-0.3, -0.25) is 4.79 Å². The molecule has 6 nitrogen and oxygen atoms in total. The third-order valence-corrected chi connectivity index (χ3v) is 3.92. The van der Waals surface area contributed by atoms with Crippen LogP contribution < -0.4 is 5.32 Å². The van der Waals surface area contributed by atoms with Gasteiger partial charge < -0.3 is 14.6 Å². The summed E-state index contributed by atoms with van der Waals surface area (Å²) in [6.07, 6.45) is -4.20. The molecule has 3 rings (SSSR count). The first-order chi connectivity index (χ1) is 13.9. The average molecular weight is 405 g/mol. The van der Waals surface area contributed by atoms with Gasteiger partial charge in [-0.25, -0.2) is 0 Å². The lowest BCUT2D eigenvalue weighted by Crippen LogP contribution is -2.29. The fraction of sp³-hybridized carbons (Fsp3) is 0.250. The van der Waals surface area contributed by atoms with E-state index in [-0.39, 0.29) is 42.8 Å². The number of rotatable bonds is 8. The molecule has 0 aliphatic rings. The second-order valence-corrected chi connectivity index (χ2v) is 6.17. The molecule has 2 aromatic carbocycles. The average Bonchev–Trinajstić information content (AvgIpc) is 3.17. The van der Waals surface area contributed by atoms with Gasteiger partial charge in [0.25, 0.3) is 0 Å². The highest BCUT2D eigenvalue weighted by Gasteiger charge is 2.30. The summed E-state index contributed by atoms with van der Waals surface area (Å²) < 4.78 is 48.8. The van der Waals surface area contributed by atoms with Crippen molar-refractivity contribution in [2.45, 2.75) is 19.2 Å². The lowest BCUT2D eigenvalue weighted by molar-refractivity contribution is -0.137. The number of hydrogen-bond donors (Lipinski definition) is 1. The molecule has 0 bridgehead atoms. The van der Waals surface area contributed by atoms with Gasteiger partial charge in [-0.05, 0) is 17.7 Å². The number of nitrogens with one attached hydrogen (secondary N) is 1. The van der Waals surface area contributed by atoms with Crippen molar-refractivity contribution in [2.24, 2.45) is 0 Å². The van der Waals surface area contributed by atoms with Crippen molar-refractivity contribution in [3.05, 3.63) is 71.6 Å².